The van der Waals surface area contributed by atoms with E-state index >= 15 is 0 Å². The molecule has 0 aliphatic carbocycles. The van der Waals surface area contributed by atoms with Gasteiger partial charge in [-0.1, -0.05) is 0 Å². The Bertz CT molecular complexity index is 1470. The summed E-state index contributed by atoms with van der Waals surface area (Å²) in [5.41, 5.74) is -1.59. The van der Waals surface area contributed by atoms with Crippen molar-refractivity contribution in [1.29, 1.82) is 0 Å². The molecule has 0 radical (unpaired) electrons. The molecule has 16 nitrogen and oxygen atoms in total. The second kappa shape index (κ2) is 11.2. The molecule has 0 spiro atoms. The van der Waals surface area contributed by atoms with Crippen LogP contribution >= 0.6 is 7.82 Å². The van der Waals surface area contributed by atoms with Gasteiger partial charge in [-0.3, -0.25) is 39.1 Å². The highest BCUT2D eigenvalue weighted by atomic mass is 31.2. The number of phosphoric acid groups is 1. The molecule has 3 aromatic rings. The summed E-state index contributed by atoms with van der Waals surface area (Å²) in [6.45, 7) is 0.939. The number of ether oxygens (including phenoxy) is 1. The van der Waals surface area contributed by atoms with Gasteiger partial charge in [0.2, 0.25) is 0 Å². The average Bonchev–Trinajstić information content (AvgIpc) is 3.25. The number of H-pyrrole nitrogens is 1. The van der Waals surface area contributed by atoms with Crippen LogP contribution in [0.4, 0.5) is 11.4 Å². The number of nitro groups is 2. The third kappa shape index (κ3) is 6.56. The van der Waals surface area contributed by atoms with Crippen LogP contribution in [-0.2, 0) is 13.8 Å². The van der Waals surface area contributed by atoms with E-state index in [1.54, 1.807) is 0 Å². The molecule has 1 aromatic heterocycles. The molecule has 2 heterocycles. The minimum absolute atomic E-state index is 0.0594. The van der Waals surface area contributed by atoms with Gasteiger partial charge < -0.3 is 18.9 Å². The normalized spacial score (nSPS) is 19.0. The first-order valence-electron chi connectivity index (χ1n) is 11.2. The van der Waals surface area contributed by atoms with E-state index in [9.17, 15) is 39.5 Å². The highest BCUT2D eigenvalue weighted by Gasteiger charge is 2.40. The number of hydrogen-bond acceptors (Lipinski definition) is 12. The second-order valence-electron chi connectivity index (χ2n) is 8.34. The molecule has 1 fully saturated rings. The maximum absolute atomic E-state index is 13.6. The van der Waals surface area contributed by atoms with Crippen LogP contribution in [0.1, 0.15) is 18.2 Å². The van der Waals surface area contributed by atoms with Crippen LogP contribution in [0.15, 0.2) is 64.3 Å². The molecular formula is C22H21N4O12P. The number of benzene rings is 2. The molecule has 4 rings (SSSR count). The number of aliphatic hydroxyl groups is 1. The molecule has 206 valence electrons. The molecule has 17 heteroatoms. The van der Waals surface area contributed by atoms with E-state index in [1.165, 1.54) is 13.1 Å². The van der Waals surface area contributed by atoms with Gasteiger partial charge in [-0.25, -0.2) is 9.36 Å². The summed E-state index contributed by atoms with van der Waals surface area (Å²) in [6.07, 6.45) is -2.04. The molecule has 3 atom stereocenters. The van der Waals surface area contributed by atoms with Gasteiger partial charge in [0, 0.05) is 42.4 Å². The van der Waals surface area contributed by atoms with Gasteiger partial charge in [0.1, 0.15) is 23.8 Å². The molecule has 0 saturated carbocycles. The summed E-state index contributed by atoms with van der Waals surface area (Å²) in [5, 5.41) is 32.3. The first-order valence-corrected chi connectivity index (χ1v) is 12.7. The predicted molar refractivity (Wildman–Crippen MR) is 132 cm³/mol. The van der Waals surface area contributed by atoms with Crippen LogP contribution in [0.25, 0.3) is 0 Å². The fourth-order valence-electron chi connectivity index (χ4n) is 3.59. The molecule has 0 bridgehead atoms. The Morgan fingerprint density at radius 1 is 1.03 bits per heavy atom. The fraction of sp³-hybridized carbons (Fsp3) is 0.273. The summed E-state index contributed by atoms with van der Waals surface area (Å²) in [4.78, 5) is 46.5. The fourth-order valence-corrected chi connectivity index (χ4v) is 4.82. The van der Waals surface area contributed by atoms with Gasteiger partial charge in [0.25, 0.3) is 16.9 Å². The maximum Gasteiger partial charge on any atom is 0.587 e. The van der Waals surface area contributed by atoms with Crippen molar-refractivity contribution in [1.82, 2.24) is 9.55 Å². The predicted octanol–water partition coefficient (Wildman–Crippen LogP) is 2.59. The number of nitrogens with zero attached hydrogens (tertiary/aromatic N) is 3. The van der Waals surface area contributed by atoms with Gasteiger partial charge in [0.15, 0.2) is 0 Å². The third-order valence-electron chi connectivity index (χ3n) is 5.59. The largest absolute Gasteiger partial charge is 0.587 e. The lowest BCUT2D eigenvalue weighted by molar-refractivity contribution is -0.385. The number of aliphatic hydroxyl groups excluding tert-OH is 1. The standard InChI is InChI=1S/C22H21N4O12P/c1-13-11-24(22(29)23-21(13)28)20-10-18(27)19(36-20)12-35-39(34,37-16-6-2-14(3-7-16)25(30)31)38-17-8-4-15(5-9-17)26(32)33/h2-9,11,18-20,27H,10,12H2,1H3,(H,23,28,29). The number of phosphoric ester groups is 1. The summed E-state index contributed by atoms with van der Waals surface area (Å²) in [5.74, 6) is -0.237. The molecule has 2 aromatic carbocycles. The van der Waals surface area contributed by atoms with Crippen molar-refractivity contribution in [3.63, 3.8) is 0 Å². The van der Waals surface area contributed by atoms with Crippen LogP contribution in [0.3, 0.4) is 0 Å². The van der Waals surface area contributed by atoms with Crippen molar-refractivity contribution in [3.8, 4) is 11.5 Å². The lowest BCUT2D eigenvalue weighted by Gasteiger charge is -2.22. The summed E-state index contributed by atoms with van der Waals surface area (Å²) in [7, 11) is -4.58. The van der Waals surface area contributed by atoms with Gasteiger partial charge in [-0.2, -0.15) is 0 Å². The smallest absolute Gasteiger partial charge is 0.395 e. The number of rotatable bonds is 10. The summed E-state index contributed by atoms with van der Waals surface area (Å²) >= 11 is 0. The van der Waals surface area contributed by atoms with Gasteiger partial charge in [-0.05, 0) is 31.2 Å². The van der Waals surface area contributed by atoms with Crippen LogP contribution in [-0.4, -0.2) is 43.3 Å². The van der Waals surface area contributed by atoms with E-state index < -0.39 is 54.0 Å². The summed E-state index contributed by atoms with van der Waals surface area (Å²) < 4.78 is 36.6. The van der Waals surface area contributed by atoms with Crippen molar-refractivity contribution in [3.05, 3.63) is 101 Å². The van der Waals surface area contributed by atoms with Crippen molar-refractivity contribution in [2.45, 2.75) is 31.8 Å². The van der Waals surface area contributed by atoms with Crippen molar-refractivity contribution in [2.24, 2.45) is 0 Å². The minimum Gasteiger partial charge on any atom is -0.395 e. The topological polar surface area (TPSA) is 215 Å². The second-order valence-corrected chi connectivity index (χ2v) is 9.86. The first-order chi connectivity index (χ1) is 18.4. The average molecular weight is 564 g/mol. The quantitative estimate of drug-likeness (QED) is 0.206. The number of aromatic nitrogens is 2. The zero-order valence-electron chi connectivity index (χ0n) is 20.1. The zero-order valence-corrected chi connectivity index (χ0v) is 21.0. The Hall–Kier alpha value is -4.37. The van der Waals surface area contributed by atoms with Crippen LogP contribution in [0.2, 0.25) is 0 Å². The van der Waals surface area contributed by atoms with Crippen molar-refractivity contribution in [2.75, 3.05) is 6.61 Å². The number of hydrogen-bond donors (Lipinski definition) is 2. The van der Waals surface area contributed by atoms with E-state index in [1.807, 2.05) is 0 Å². The van der Waals surface area contributed by atoms with Crippen LogP contribution in [0.5, 0.6) is 11.5 Å². The molecule has 0 amide bonds. The lowest BCUT2D eigenvalue weighted by Crippen LogP contribution is -2.33. The molecule has 3 unspecified atom stereocenters. The third-order valence-corrected chi connectivity index (χ3v) is 6.92. The van der Waals surface area contributed by atoms with E-state index in [4.69, 9.17) is 18.3 Å². The zero-order chi connectivity index (χ0) is 28.3. The number of aromatic amines is 1. The summed E-state index contributed by atoms with van der Waals surface area (Å²) in [6, 6.07) is 9.05. The molecule has 1 saturated heterocycles. The Morgan fingerprint density at radius 2 is 1.54 bits per heavy atom. The minimum atomic E-state index is -4.58. The highest BCUT2D eigenvalue weighted by molar-refractivity contribution is 7.49. The van der Waals surface area contributed by atoms with Gasteiger partial charge in [0.05, 0.1) is 22.6 Å². The Morgan fingerprint density at radius 3 is 2.03 bits per heavy atom. The van der Waals surface area contributed by atoms with Crippen molar-refractivity contribution >= 4 is 19.2 Å². The number of aryl methyl sites for hydroxylation is 1. The monoisotopic (exact) mass is 564 g/mol. The Balaban J connectivity index is 1.53. The van der Waals surface area contributed by atoms with Gasteiger partial charge in [-0.15, -0.1) is 0 Å². The SMILES string of the molecule is Cc1cn(C2CC(O)C(COP(=O)(Oc3ccc([N+](=O)[O-])cc3)Oc3ccc([N+](=O)[O-])cc3)O2)c(=O)[nH]c1=O. The van der Waals surface area contributed by atoms with E-state index in [0.717, 1.165) is 53.1 Å². The number of nitro benzene ring substituents is 2. The number of non-ortho nitro benzene ring substituents is 2. The molecule has 39 heavy (non-hydrogen) atoms. The Kier molecular flexibility index (Phi) is 7.92. The van der Waals surface area contributed by atoms with Crippen molar-refractivity contribution < 1.29 is 37.8 Å². The maximum atomic E-state index is 13.6. The van der Waals surface area contributed by atoms with Crippen LogP contribution in [0, 0.1) is 27.2 Å². The Labute approximate surface area is 218 Å². The number of nitrogens with one attached hydrogen (secondary N) is 1. The molecule has 2 N–H and O–H groups in total. The molecule has 1 aliphatic heterocycles. The van der Waals surface area contributed by atoms with Crippen LogP contribution < -0.4 is 20.3 Å². The van der Waals surface area contributed by atoms with E-state index in [2.05, 4.69) is 4.98 Å². The van der Waals surface area contributed by atoms with E-state index in [0.29, 0.717) is 0 Å². The highest BCUT2D eigenvalue weighted by Crippen LogP contribution is 2.50. The lowest BCUT2D eigenvalue weighted by atomic mass is 10.2. The molecule has 1 aliphatic rings. The first kappa shape index (κ1) is 27.7. The molecular weight excluding hydrogens is 543 g/mol. The van der Waals surface area contributed by atoms with Gasteiger partial charge >= 0.3 is 13.5 Å². The van der Waals surface area contributed by atoms with E-state index in [-0.39, 0.29) is 34.9 Å².